The first-order chi connectivity index (χ1) is 4.54. The number of aliphatic hydroxyl groups is 1. The van der Waals surface area contributed by atoms with Gasteiger partial charge in [0, 0.05) is 13.0 Å². The van der Waals surface area contributed by atoms with Crippen LogP contribution in [0.25, 0.3) is 0 Å². The molecule has 0 aliphatic rings. The molecule has 0 aromatic carbocycles. The zero-order valence-corrected chi connectivity index (χ0v) is 5.87. The highest BCUT2D eigenvalue weighted by atomic mass is 16.6. The Morgan fingerprint density at radius 1 is 1.50 bits per heavy atom. The van der Waals surface area contributed by atoms with E-state index in [9.17, 15) is 10.1 Å². The van der Waals surface area contributed by atoms with E-state index in [2.05, 4.69) is 0 Å². The van der Waals surface area contributed by atoms with Gasteiger partial charge < -0.3 is 5.11 Å². The molecule has 0 aromatic heterocycles. The van der Waals surface area contributed by atoms with E-state index in [1.54, 1.807) is 0 Å². The van der Waals surface area contributed by atoms with Crippen LogP contribution in [0.5, 0.6) is 0 Å². The number of nitro groups is 1. The maximum Gasteiger partial charge on any atom is 0.243 e. The van der Waals surface area contributed by atoms with Gasteiger partial charge in [-0.3, -0.25) is 10.1 Å². The first-order valence-corrected chi connectivity index (χ1v) is 2.72. The van der Waals surface area contributed by atoms with Crippen molar-refractivity contribution in [2.75, 3.05) is 0 Å². The second-order valence-electron chi connectivity index (χ2n) is 1.87. The van der Waals surface area contributed by atoms with Crippen LogP contribution in [-0.2, 0) is 0 Å². The van der Waals surface area contributed by atoms with Crippen LogP contribution in [0.1, 0.15) is 13.8 Å². The third kappa shape index (κ3) is 3.65. The molecular weight excluding hydrogens is 134 g/mol. The van der Waals surface area contributed by atoms with Gasteiger partial charge in [-0.15, -0.1) is 0 Å². The summed E-state index contributed by atoms with van der Waals surface area (Å²) in [7, 11) is 0. The monoisotopic (exact) mass is 143 g/mol. The third-order valence-corrected chi connectivity index (χ3v) is 0.854. The van der Waals surface area contributed by atoms with E-state index in [4.69, 9.17) is 5.11 Å². The number of hydrogen-bond donors (Lipinski definition) is 1. The van der Waals surface area contributed by atoms with Crippen LogP contribution in [0.2, 0.25) is 0 Å². The molecule has 0 aliphatic heterocycles. The van der Waals surface area contributed by atoms with Crippen molar-refractivity contribution in [3.63, 3.8) is 0 Å². The molecule has 0 saturated carbocycles. The van der Waals surface area contributed by atoms with E-state index in [-0.39, 0.29) is 11.5 Å². The van der Waals surface area contributed by atoms with Crippen molar-refractivity contribution >= 4 is 0 Å². The maximum absolute atomic E-state index is 9.94. The van der Waals surface area contributed by atoms with Crippen molar-refractivity contribution in [3.05, 3.63) is 33.7 Å². The van der Waals surface area contributed by atoms with Crippen LogP contribution >= 0.6 is 0 Å². The summed E-state index contributed by atoms with van der Waals surface area (Å²) in [6, 6.07) is 0. The second kappa shape index (κ2) is 3.66. The van der Waals surface area contributed by atoms with Gasteiger partial charge in [0.05, 0.1) is 10.7 Å². The predicted molar refractivity (Wildman–Crippen MR) is 37.1 cm³/mol. The molecule has 0 saturated heterocycles. The summed E-state index contributed by atoms with van der Waals surface area (Å²) < 4.78 is 0. The Morgan fingerprint density at radius 2 is 2.00 bits per heavy atom. The first kappa shape index (κ1) is 8.68. The highest BCUT2D eigenvalue weighted by Crippen LogP contribution is 1.94. The Balaban J connectivity index is 4.19. The van der Waals surface area contributed by atoms with E-state index < -0.39 is 4.92 Å². The Labute approximate surface area is 58.6 Å². The summed E-state index contributed by atoms with van der Waals surface area (Å²) in [5, 5.41) is 18.5. The fourth-order valence-electron chi connectivity index (χ4n) is 0.302. The lowest BCUT2D eigenvalue weighted by Crippen LogP contribution is -1.92. The normalized spacial score (nSPS) is 13.4. The minimum atomic E-state index is -0.514. The van der Waals surface area contributed by atoms with Crippen LogP contribution in [0.3, 0.4) is 0 Å². The van der Waals surface area contributed by atoms with Gasteiger partial charge in [-0.1, -0.05) is 0 Å². The minimum absolute atomic E-state index is 0.00778. The average Bonchev–Trinajstić information content (AvgIpc) is 1.82. The molecule has 0 amide bonds. The van der Waals surface area contributed by atoms with Gasteiger partial charge in [0.2, 0.25) is 5.70 Å². The summed E-state index contributed by atoms with van der Waals surface area (Å²) in [5.41, 5.74) is 0.00778. The highest BCUT2D eigenvalue weighted by molar-refractivity contribution is 5.06. The second-order valence-corrected chi connectivity index (χ2v) is 1.87. The molecule has 0 heterocycles. The quantitative estimate of drug-likeness (QED) is 0.276. The molecule has 56 valence electrons. The minimum Gasteiger partial charge on any atom is -0.513 e. The van der Waals surface area contributed by atoms with E-state index in [1.165, 1.54) is 26.0 Å². The summed E-state index contributed by atoms with van der Waals surface area (Å²) in [5.74, 6) is 0.0567. The molecule has 10 heavy (non-hydrogen) atoms. The molecule has 0 aliphatic carbocycles. The van der Waals surface area contributed by atoms with Crippen LogP contribution < -0.4 is 0 Å². The zero-order valence-electron chi connectivity index (χ0n) is 5.87. The van der Waals surface area contributed by atoms with Crippen molar-refractivity contribution in [1.29, 1.82) is 0 Å². The average molecular weight is 143 g/mol. The number of nitrogens with zero attached hydrogens (tertiary/aromatic N) is 1. The zero-order chi connectivity index (χ0) is 8.15. The van der Waals surface area contributed by atoms with Gasteiger partial charge >= 0.3 is 0 Å². The van der Waals surface area contributed by atoms with Crippen molar-refractivity contribution in [3.8, 4) is 0 Å². The number of rotatable bonds is 2. The molecule has 0 aromatic rings. The lowest BCUT2D eigenvalue weighted by Gasteiger charge is -1.85. The van der Waals surface area contributed by atoms with Gasteiger partial charge in [0.1, 0.15) is 0 Å². The van der Waals surface area contributed by atoms with E-state index in [1.807, 2.05) is 0 Å². The van der Waals surface area contributed by atoms with Gasteiger partial charge in [-0.25, -0.2) is 0 Å². The predicted octanol–water partition coefficient (Wildman–Crippen LogP) is 1.63. The summed E-state index contributed by atoms with van der Waals surface area (Å²) in [6.07, 6.45) is 2.52. The molecule has 0 bridgehead atoms. The van der Waals surface area contributed by atoms with Crippen molar-refractivity contribution in [1.82, 2.24) is 0 Å². The fourth-order valence-corrected chi connectivity index (χ4v) is 0.302. The Bertz CT molecular complexity index is 189. The largest absolute Gasteiger partial charge is 0.513 e. The Morgan fingerprint density at radius 3 is 2.30 bits per heavy atom. The van der Waals surface area contributed by atoms with Crippen molar-refractivity contribution in [2.24, 2.45) is 0 Å². The van der Waals surface area contributed by atoms with Crippen LogP contribution in [0.15, 0.2) is 23.6 Å². The number of hydrogen-bond acceptors (Lipinski definition) is 3. The SMILES string of the molecule is C/C(O)=C\C=C(/C)[N+](=O)[O-]. The molecule has 0 rings (SSSR count). The Kier molecular flexibility index (Phi) is 3.17. The van der Waals surface area contributed by atoms with Crippen LogP contribution in [-0.4, -0.2) is 10.0 Å². The molecule has 0 radical (unpaired) electrons. The molecule has 4 nitrogen and oxygen atoms in total. The van der Waals surface area contributed by atoms with E-state index >= 15 is 0 Å². The standard InChI is InChI=1S/C6H9NO3/c1-5(7(9)10)3-4-6(2)8/h3-4,8H,1-2H3/b5-3+,6-4+. The van der Waals surface area contributed by atoms with Gasteiger partial charge in [0.15, 0.2) is 0 Å². The molecule has 1 N–H and O–H groups in total. The molecule has 0 fully saturated rings. The fraction of sp³-hybridized carbons (Fsp3) is 0.333. The smallest absolute Gasteiger partial charge is 0.243 e. The van der Waals surface area contributed by atoms with Crippen molar-refractivity contribution < 1.29 is 10.0 Å². The number of allylic oxidation sites excluding steroid dienone is 4. The molecule has 0 unspecified atom stereocenters. The van der Waals surface area contributed by atoms with Gasteiger partial charge in [0.25, 0.3) is 0 Å². The Hall–Kier alpha value is -1.32. The number of aliphatic hydroxyl groups excluding tert-OH is 1. The third-order valence-electron chi connectivity index (χ3n) is 0.854. The highest BCUT2D eigenvalue weighted by Gasteiger charge is 1.97. The van der Waals surface area contributed by atoms with Gasteiger partial charge in [-0.2, -0.15) is 0 Å². The van der Waals surface area contributed by atoms with Crippen molar-refractivity contribution in [2.45, 2.75) is 13.8 Å². The van der Waals surface area contributed by atoms with E-state index in [0.29, 0.717) is 0 Å². The summed E-state index contributed by atoms with van der Waals surface area (Å²) in [6.45, 7) is 2.81. The first-order valence-electron chi connectivity index (χ1n) is 2.72. The molecule has 0 atom stereocenters. The van der Waals surface area contributed by atoms with E-state index in [0.717, 1.165) is 0 Å². The van der Waals surface area contributed by atoms with Crippen LogP contribution in [0, 0.1) is 10.1 Å². The van der Waals surface area contributed by atoms with Gasteiger partial charge in [-0.05, 0) is 13.0 Å². The molecular formula is C6H9NO3. The lowest BCUT2D eigenvalue weighted by molar-refractivity contribution is -0.424. The summed E-state index contributed by atoms with van der Waals surface area (Å²) in [4.78, 5) is 9.42. The topological polar surface area (TPSA) is 63.4 Å². The lowest BCUT2D eigenvalue weighted by atomic mass is 10.4. The summed E-state index contributed by atoms with van der Waals surface area (Å²) >= 11 is 0. The molecule has 4 heteroatoms. The maximum atomic E-state index is 9.94. The van der Waals surface area contributed by atoms with Crippen LogP contribution in [0.4, 0.5) is 0 Å². The molecule has 0 spiro atoms.